The van der Waals surface area contributed by atoms with Gasteiger partial charge in [0.2, 0.25) is 15.9 Å². The predicted octanol–water partition coefficient (Wildman–Crippen LogP) is -0.331. The van der Waals surface area contributed by atoms with E-state index in [2.05, 4.69) is 11.8 Å². The lowest BCUT2D eigenvalue weighted by atomic mass is 10.2. The number of carbonyl (C=O) groups is 1. The highest BCUT2D eigenvalue weighted by Gasteiger charge is 2.38. The molecule has 1 amide bonds. The number of rotatable bonds is 3. The van der Waals surface area contributed by atoms with Crippen LogP contribution in [0.1, 0.15) is 18.4 Å². The van der Waals surface area contributed by atoms with Crippen molar-refractivity contribution < 1.29 is 18.3 Å². The van der Waals surface area contributed by atoms with E-state index in [1.807, 2.05) is 0 Å². The average molecular weight is 308 g/mol. The van der Waals surface area contributed by atoms with Gasteiger partial charge in [0.15, 0.2) is 0 Å². The van der Waals surface area contributed by atoms with E-state index in [0.29, 0.717) is 18.4 Å². The van der Waals surface area contributed by atoms with Crippen LogP contribution in [0.15, 0.2) is 29.2 Å². The Morgan fingerprint density at radius 2 is 2.24 bits per heavy atom. The topological polar surface area (TPSA) is 101 Å². The summed E-state index contributed by atoms with van der Waals surface area (Å²) in [5.41, 5.74) is 5.75. The Kier molecular flexibility index (Phi) is 4.63. The third-order valence-electron chi connectivity index (χ3n) is 3.28. The van der Waals surface area contributed by atoms with Crippen molar-refractivity contribution >= 4 is 15.9 Å². The standard InChI is InChI=1S/C14H16N2O4S/c15-14(18)13-7-2-8-16(13)21(19,20)12-6-1-4-11(10-12)5-3-9-17/h1,4,6,10,13,17H,2,7-9H2,(H2,15,18). The molecule has 0 aromatic heterocycles. The van der Waals surface area contributed by atoms with Crippen LogP contribution in [0.5, 0.6) is 0 Å². The van der Waals surface area contributed by atoms with Crippen molar-refractivity contribution in [3.05, 3.63) is 29.8 Å². The van der Waals surface area contributed by atoms with Crippen LogP contribution < -0.4 is 5.73 Å². The van der Waals surface area contributed by atoms with Crippen LogP contribution in [-0.2, 0) is 14.8 Å². The van der Waals surface area contributed by atoms with Crippen LogP contribution in [0.4, 0.5) is 0 Å². The third kappa shape index (κ3) is 3.24. The Labute approximate surface area is 123 Å². The molecular formula is C14H16N2O4S. The molecule has 1 unspecified atom stereocenters. The minimum absolute atomic E-state index is 0.0698. The lowest BCUT2D eigenvalue weighted by Gasteiger charge is -2.21. The summed E-state index contributed by atoms with van der Waals surface area (Å²) in [5, 5.41) is 8.67. The summed E-state index contributed by atoms with van der Waals surface area (Å²) >= 11 is 0. The maximum atomic E-state index is 12.6. The average Bonchev–Trinajstić information content (AvgIpc) is 2.96. The fourth-order valence-corrected chi connectivity index (χ4v) is 4.03. The monoisotopic (exact) mass is 308 g/mol. The van der Waals surface area contributed by atoms with Gasteiger partial charge in [0, 0.05) is 12.1 Å². The summed E-state index contributed by atoms with van der Waals surface area (Å²) in [7, 11) is -3.78. The summed E-state index contributed by atoms with van der Waals surface area (Å²) in [6.45, 7) is -0.0185. The molecule has 112 valence electrons. The van der Waals surface area contributed by atoms with E-state index in [9.17, 15) is 13.2 Å². The molecule has 1 aromatic carbocycles. The number of nitrogens with zero attached hydrogens (tertiary/aromatic N) is 1. The summed E-state index contributed by atoms with van der Waals surface area (Å²) in [6.07, 6.45) is 1.05. The van der Waals surface area contributed by atoms with Crippen LogP contribution >= 0.6 is 0 Å². The third-order valence-corrected chi connectivity index (χ3v) is 5.19. The molecule has 0 radical (unpaired) electrons. The van der Waals surface area contributed by atoms with Gasteiger partial charge < -0.3 is 10.8 Å². The van der Waals surface area contributed by atoms with Crippen molar-refractivity contribution in [3.63, 3.8) is 0 Å². The zero-order valence-corrected chi connectivity index (χ0v) is 12.1. The van der Waals surface area contributed by atoms with Gasteiger partial charge in [-0.3, -0.25) is 4.79 Å². The van der Waals surface area contributed by atoms with Crippen molar-refractivity contribution in [1.82, 2.24) is 4.31 Å². The smallest absolute Gasteiger partial charge is 0.243 e. The molecule has 1 saturated heterocycles. The molecule has 2 rings (SSSR count). The summed E-state index contributed by atoms with van der Waals surface area (Å²) in [4.78, 5) is 11.4. The number of aliphatic hydroxyl groups is 1. The van der Waals surface area contributed by atoms with Gasteiger partial charge in [-0.25, -0.2) is 8.42 Å². The molecular weight excluding hydrogens is 292 g/mol. The molecule has 1 aromatic rings. The van der Waals surface area contributed by atoms with E-state index in [1.165, 1.54) is 12.1 Å². The first-order valence-corrected chi connectivity index (χ1v) is 7.92. The molecule has 1 atom stereocenters. The number of nitrogens with two attached hydrogens (primary N) is 1. The van der Waals surface area contributed by atoms with Crippen LogP contribution in [-0.4, -0.2) is 42.9 Å². The SMILES string of the molecule is NC(=O)C1CCCN1S(=O)(=O)c1cccc(C#CCO)c1. The Morgan fingerprint density at radius 3 is 2.90 bits per heavy atom. The normalized spacial score (nSPS) is 19.0. The fourth-order valence-electron chi connectivity index (χ4n) is 2.32. The second kappa shape index (κ2) is 6.26. The zero-order chi connectivity index (χ0) is 15.5. The highest BCUT2D eigenvalue weighted by atomic mass is 32.2. The number of sulfonamides is 1. The summed E-state index contributed by atoms with van der Waals surface area (Å²) < 4.78 is 26.3. The van der Waals surface area contributed by atoms with Gasteiger partial charge in [0.1, 0.15) is 12.6 Å². The first-order valence-electron chi connectivity index (χ1n) is 6.48. The summed E-state index contributed by atoms with van der Waals surface area (Å²) in [5.74, 6) is 4.49. The molecule has 0 saturated carbocycles. The number of aliphatic hydroxyl groups excluding tert-OH is 1. The van der Waals surface area contributed by atoms with Crippen LogP contribution in [0.25, 0.3) is 0 Å². The number of hydrogen-bond donors (Lipinski definition) is 2. The quantitative estimate of drug-likeness (QED) is 0.747. The van der Waals surface area contributed by atoms with Gasteiger partial charge in [0.25, 0.3) is 0 Å². The Bertz CT molecular complexity index is 703. The Balaban J connectivity index is 2.38. The highest BCUT2D eigenvalue weighted by Crippen LogP contribution is 2.26. The molecule has 1 heterocycles. The van der Waals surface area contributed by atoms with Crippen LogP contribution in [0, 0.1) is 11.8 Å². The lowest BCUT2D eigenvalue weighted by Crippen LogP contribution is -2.43. The lowest BCUT2D eigenvalue weighted by molar-refractivity contribution is -0.121. The van der Waals surface area contributed by atoms with E-state index in [4.69, 9.17) is 10.8 Å². The second-order valence-corrected chi connectivity index (χ2v) is 6.55. The largest absolute Gasteiger partial charge is 0.384 e. The number of hydrogen-bond acceptors (Lipinski definition) is 4. The van der Waals surface area contributed by atoms with Gasteiger partial charge in [-0.05, 0) is 31.0 Å². The van der Waals surface area contributed by atoms with Gasteiger partial charge >= 0.3 is 0 Å². The first-order chi connectivity index (χ1) is 9.96. The van der Waals surface area contributed by atoms with Gasteiger partial charge in [-0.15, -0.1) is 0 Å². The van der Waals surface area contributed by atoms with Crippen molar-refractivity contribution in [2.75, 3.05) is 13.2 Å². The zero-order valence-electron chi connectivity index (χ0n) is 11.3. The minimum atomic E-state index is -3.78. The maximum absolute atomic E-state index is 12.6. The maximum Gasteiger partial charge on any atom is 0.243 e. The molecule has 0 spiro atoms. The first kappa shape index (κ1) is 15.5. The minimum Gasteiger partial charge on any atom is -0.384 e. The molecule has 1 aliphatic rings. The van der Waals surface area contributed by atoms with Gasteiger partial charge in [-0.2, -0.15) is 4.31 Å². The van der Waals surface area contributed by atoms with Crippen molar-refractivity contribution in [3.8, 4) is 11.8 Å². The van der Waals surface area contributed by atoms with Crippen LogP contribution in [0.2, 0.25) is 0 Å². The molecule has 0 aliphatic carbocycles. The number of primary amides is 1. The van der Waals surface area contributed by atoms with Crippen molar-refractivity contribution in [2.24, 2.45) is 5.73 Å². The predicted molar refractivity (Wildman–Crippen MR) is 76.5 cm³/mol. The van der Waals surface area contributed by atoms with Crippen LogP contribution in [0.3, 0.4) is 0 Å². The Hall–Kier alpha value is -1.88. The van der Waals surface area contributed by atoms with Gasteiger partial charge in [0.05, 0.1) is 4.90 Å². The van der Waals surface area contributed by atoms with Crippen molar-refractivity contribution in [1.29, 1.82) is 0 Å². The highest BCUT2D eigenvalue weighted by molar-refractivity contribution is 7.89. The number of amides is 1. The van der Waals surface area contributed by atoms with E-state index < -0.39 is 22.0 Å². The Morgan fingerprint density at radius 1 is 1.48 bits per heavy atom. The van der Waals surface area contributed by atoms with E-state index in [0.717, 1.165) is 4.31 Å². The van der Waals surface area contributed by atoms with E-state index >= 15 is 0 Å². The molecule has 1 fully saturated rings. The number of benzene rings is 1. The summed E-state index contributed by atoms with van der Waals surface area (Å²) in [6, 6.07) is 5.31. The van der Waals surface area contributed by atoms with E-state index in [-0.39, 0.29) is 18.0 Å². The fraction of sp³-hybridized carbons (Fsp3) is 0.357. The molecule has 7 heteroatoms. The molecule has 3 N–H and O–H groups in total. The molecule has 21 heavy (non-hydrogen) atoms. The molecule has 0 bridgehead atoms. The second-order valence-electron chi connectivity index (χ2n) is 4.66. The van der Waals surface area contributed by atoms with Crippen molar-refractivity contribution in [2.45, 2.75) is 23.8 Å². The van der Waals surface area contributed by atoms with E-state index in [1.54, 1.807) is 12.1 Å². The molecule has 1 aliphatic heterocycles. The van der Waals surface area contributed by atoms with Gasteiger partial charge in [-0.1, -0.05) is 17.9 Å². The molecule has 6 nitrogen and oxygen atoms in total. The number of carbonyl (C=O) groups excluding carboxylic acids is 1.